The van der Waals surface area contributed by atoms with Gasteiger partial charge >= 0.3 is 5.97 Å². The minimum Gasteiger partial charge on any atom is -0.478 e. The molecule has 4 nitrogen and oxygen atoms in total. The molecular formula is C10H12N2O2. The van der Waals surface area contributed by atoms with Crippen molar-refractivity contribution >= 4 is 5.97 Å². The van der Waals surface area contributed by atoms with E-state index in [0.717, 1.165) is 0 Å². The summed E-state index contributed by atoms with van der Waals surface area (Å²) >= 11 is 0. The van der Waals surface area contributed by atoms with Crippen molar-refractivity contribution in [3.63, 3.8) is 0 Å². The lowest BCUT2D eigenvalue weighted by molar-refractivity contribution is -0.132. The van der Waals surface area contributed by atoms with Gasteiger partial charge in [0.25, 0.3) is 0 Å². The van der Waals surface area contributed by atoms with Gasteiger partial charge in [-0.1, -0.05) is 6.07 Å². The lowest BCUT2D eigenvalue weighted by atomic mass is 10.1. The quantitative estimate of drug-likeness (QED) is 0.699. The second-order valence-electron chi connectivity index (χ2n) is 2.96. The summed E-state index contributed by atoms with van der Waals surface area (Å²) in [6, 6.07) is 5.36. The normalized spacial score (nSPS) is 12.1. The van der Waals surface area contributed by atoms with E-state index in [-0.39, 0.29) is 12.0 Å². The van der Waals surface area contributed by atoms with Crippen LogP contribution in [0.5, 0.6) is 0 Å². The first-order valence-corrected chi connectivity index (χ1v) is 4.19. The maximum absolute atomic E-state index is 10.8. The first kappa shape index (κ1) is 10.2. The third kappa shape index (κ3) is 2.58. The molecule has 0 saturated heterocycles. The number of rotatable bonds is 3. The molecule has 0 saturated carbocycles. The molecule has 0 aliphatic heterocycles. The third-order valence-corrected chi connectivity index (χ3v) is 1.82. The van der Waals surface area contributed by atoms with Crippen molar-refractivity contribution < 1.29 is 9.90 Å². The topological polar surface area (TPSA) is 76.2 Å². The van der Waals surface area contributed by atoms with Gasteiger partial charge in [0.2, 0.25) is 0 Å². The predicted octanol–water partition coefficient (Wildman–Crippen LogP) is 0.941. The number of hydrogen-bond acceptors (Lipinski definition) is 3. The molecule has 0 fully saturated rings. The van der Waals surface area contributed by atoms with Crippen molar-refractivity contribution in [2.45, 2.75) is 13.3 Å². The lowest BCUT2D eigenvalue weighted by Crippen LogP contribution is -2.11. The molecule has 3 N–H and O–H groups in total. The number of allylic oxidation sites excluding steroid dienone is 1. The van der Waals surface area contributed by atoms with E-state index in [1.165, 1.54) is 0 Å². The van der Waals surface area contributed by atoms with E-state index in [2.05, 4.69) is 4.98 Å². The van der Waals surface area contributed by atoms with E-state index in [4.69, 9.17) is 10.8 Å². The van der Waals surface area contributed by atoms with Gasteiger partial charge in [-0.3, -0.25) is 4.98 Å². The van der Waals surface area contributed by atoms with Crippen molar-refractivity contribution in [1.82, 2.24) is 4.98 Å². The minimum absolute atomic E-state index is 0.198. The maximum Gasteiger partial charge on any atom is 0.333 e. The number of nitrogens with zero attached hydrogens (tertiary/aromatic N) is 1. The fourth-order valence-electron chi connectivity index (χ4n) is 1.07. The van der Waals surface area contributed by atoms with Crippen LogP contribution < -0.4 is 5.73 Å². The summed E-state index contributed by atoms with van der Waals surface area (Å²) in [6.07, 6.45) is 1.89. The summed E-state index contributed by atoms with van der Waals surface area (Å²) in [6.45, 7) is 1.58. The van der Waals surface area contributed by atoms with E-state index in [0.29, 0.717) is 11.4 Å². The fourth-order valence-corrected chi connectivity index (χ4v) is 1.07. The Morgan fingerprint density at radius 1 is 1.57 bits per heavy atom. The Hall–Kier alpha value is -1.84. The zero-order valence-corrected chi connectivity index (χ0v) is 7.90. The lowest BCUT2D eigenvalue weighted by Gasteiger charge is -2.03. The molecule has 1 aromatic rings. The van der Waals surface area contributed by atoms with Crippen LogP contribution in [0.2, 0.25) is 0 Å². The molecule has 0 aliphatic carbocycles. The molecular weight excluding hydrogens is 180 g/mol. The van der Waals surface area contributed by atoms with Crippen molar-refractivity contribution in [2.24, 2.45) is 5.73 Å². The van der Waals surface area contributed by atoms with Gasteiger partial charge in [-0.25, -0.2) is 4.79 Å². The van der Waals surface area contributed by atoms with Crippen LogP contribution in [0.4, 0.5) is 0 Å². The zero-order valence-electron chi connectivity index (χ0n) is 7.90. The maximum atomic E-state index is 10.8. The van der Waals surface area contributed by atoms with Crippen LogP contribution in [0, 0.1) is 0 Å². The summed E-state index contributed by atoms with van der Waals surface area (Å²) in [4.78, 5) is 14.8. The molecule has 0 atom stereocenters. The number of aromatic nitrogens is 1. The van der Waals surface area contributed by atoms with Gasteiger partial charge in [0.1, 0.15) is 0 Å². The highest BCUT2D eigenvalue weighted by Gasteiger charge is 2.10. The van der Waals surface area contributed by atoms with Crippen molar-refractivity contribution in [1.29, 1.82) is 0 Å². The van der Waals surface area contributed by atoms with Crippen LogP contribution in [0.25, 0.3) is 0 Å². The van der Waals surface area contributed by atoms with E-state index in [1.54, 1.807) is 25.3 Å². The van der Waals surface area contributed by atoms with E-state index < -0.39 is 5.97 Å². The SMILES string of the molecule is CC(N)=C(Cc1ccccn1)C(=O)O. The molecule has 1 rings (SSSR count). The smallest absolute Gasteiger partial charge is 0.333 e. The average molecular weight is 192 g/mol. The third-order valence-electron chi connectivity index (χ3n) is 1.82. The molecule has 0 bridgehead atoms. The molecule has 0 unspecified atom stereocenters. The highest BCUT2D eigenvalue weighted by Crippen LogP contribution is 2.07. The Kier molecular flexibility index (Phi) is 3.23. The zero-order chi connectivity index (χ0) is 10.6. The number of hydrogen-bond donors (Lipinski definition) is 2. The molecule has 0 aliphatic rings. The summed E-state index contributed by atoms with van der Waals surface area (Å²) in [5.74, 6) is -0.990. The number of pyridine rings is 1. The van der Waals surface area contributed by atoms with Gasteiger partial charge in [-0.2, -0.15) is 0 Å². The number of aliphatic carboxylic acids is 1. The number of carboxylic acid groups (broad SMARTS) is 1. The van der Waals surface area contributed by atoms with Crippen molar-refractivity contribution in [3.05, 3.63) is 41.4 Å². The van der Waals surface area contributed by atoms with Crippen LogP contribution in [0.15, 0.2) is 35.7 Å². The molecule has 0 spiro atoms. The van der Waals surface area contributed by atoms with Gasteiger partial charge in [0.05, 0.1) is 5.57 Å². The molecule has 0 aromatic carbocycles. The Labute approximate surface area is 82.1 Å². The number of nitrogens with two attached hydrogens (primary N) is 1. The van der Waals surface area contributed by atoms with Gasteiger partial charge in [0.15, 0.2) is 0 Å². The molecule has 1 aromatic heterocycles. The average Bonchev–Trinajstić information content (AvgIpc) is 2.15. The first-order valence-electron chi connectivity index (χ1n) is 4.19. The highest BCUT2D eigenvalue weighted by molar-refractivity contribution is 5.87. The van der Waals surface area contributed by atoms with Crippen LogP contribution in [0.1, 0.15) is 12.6 Å². The summed E-state index contributed by atoms with van der Waals surface area (Å²) < 4.78 is 0. The molecule has 74 valence electrons. The molecule has 0 radical (unpaired) electrons. The number of carboxylic acids is 1. The molecule has 1 heterocycles. The van der Waals surface area contributed by atoms with Gasteiger partial charge in [-0.05, 0) is 19.1 Å². The van der Waals surface area contributed by atoms with Gasteiger partial charge in [-0.15, -0.1) is 0 Å². The highest BCUT2D eigenvalue weighted by atomic mass is 16.4. The summed E-state index contributed by atoms with van der Waals surface area (Å²) in [5, 5.41) is 8.84. The largest absolute Gasteiger partial charge is 0.478 e. The number of carbonyl (C=O) groups is 1. The van der Waals surface area contributed by atoms with Crippen LogP contribution in [-0.2, 0) is 11.2 Å². The van der Waals surface area contributed by atoms with Crippen LogP contribution in [0.3, 0.4) is 0 Å². The minimum atomic E-state index is -0.990. The fraction of sp³-hybridized carbons (Fsp3) is 0.200. The second-order valence-corrected chi connectivity index (χ2v) is 2.96. The Bertz CT molecular complexity index is 354. The standard InChI is InChI=1S/C10H12N2O2/c1-7(11)9(10(13)14)6-8-4-2-3-5-12-8/h2-5H,6,11H2,1H3,(H,13,14). The Balaban J connectivity index is 2.87. The van der Waals surface area contributed by atoms with Crippen LogP contribution in [-0.4, -0.2) is 16.1 Å². The summed E-state index contributed by atoms with van der Waals surface area (Å²) in [7, 11) is 0. The Morgan fingerprint density at radius 3 is 2.71 bits per heavy atom. The molecule has 0 amide bonds. The first-order chi connectivity index (χ1) is 6.61. The second kappa shape index (κ2) is 4.41. The van der Waals surface area contributed by atoms with E-state index >= 15 is 0 Å². The predicted molar refractivity (Wildman–Crippen MR) is 52.5 cm³/mol. The van der Waals surface area contributed by atoms with Crippen molar-refractivity contribution in [3.8, 4) is 0 Å². The van der Waals surface area contributed by atoms with Gasteiger partial charge < -0.3 is 10.8 Å². The molecule has 4 heteroatoms. The molecule has 14 heavy (non-hydrogen) atoms. The summed E-state index contributed by atoms with van der Waals surface area (Å²) in [5.41, 5.74) is 6.68. The van der Waals surface area contributed by atoms with Crippen molar-refractivity contribution in [2.75, 3.05) is 0 Å². The van der Waals surface area contributed by atoms with E-state index in [9.17, 15) is 4.79 Å². The van der Waals surface area contributed by atoms with Gasteiger partial charge in [0, 0.05) is 24.0 Å². The Morgan fingerprint density at radius 2 is 2.29 bits per heavy atom. The van der Waals surface area contributed by atoms with Crippen LogP contribution >= 0.6 is 0 Å². The van der Waals surface area contributed by atoms with E-state index in [1.807, 2.05) is 6.07 Å². The monoisotopic (exact) mass is 192 g/mol.